The van der Waals surface area contributed by atoms with E-state index in [1.54, 1.807) is 0 Å². The van der Waals surface area contributed by atoms with E-state index >= 15 is 0 Å². The highest BCUT2D eigenvalue weighted by molar-refractivity contribution is 6.30. The van der Waals surface area contributed by atoms with E-state index in [1.165, 1.54) is 0 Å². The lowest BCUT2D eigenvalue weighted by Gasteiger charge is -2.27. The fraction of sp³-hybridized carbons (Fsp3) is 0.409. The number of carbonyl (C=O) groups excluding carboxylic acids is 1. The van der Waals surface area contributed by atoms with Crippen molar-refractivity contribution in [3.63, 3.8) is 0 Å². The van der Waals surface area contributed by atoms with Crippen LogP contribution in [0.2, 0.25) is 5.02 Å². The number of amides is 1. The second kappa shape index (κ2) is 10.5. The number of ether oxygens (including phenoxy) is 1. The first-order valence-electron chi connectivity index (χ1n) is 9.39. The molecular weight excluding hydrogens is 376 g/mol. The zero-order valence-corrected chi connectivity index (χ0v) is 17.4. The predicted octanol–water partition coefficient (Wildman–Crippen LogP) is 3.93. The van der Waals surface area contributed by atoms with Crippen LogP contribution >= 0.6 is 11.6 Å². The maximum Gasteiger partial charge on any atom is 0.407 e. The number of benzene rings is 2. The van der Waals surface area contributed by atoms with Gasteiger partial charge in [-0.1, -0.05) is 54.1 Å². The molecule has 2 rings (SSSR count). The molecule has 2 atom stereocenters. The van der Waals surface area contributed by atoms with Gasteiger partial charge in [0.15, 0.2) is 0 Å². The molecule has 0 saturated carbocycles. The monoisotopic (exact) mass is 404 g/mol. The number of hydrogen-bond acceptors (Lipinski definition) is 4. The van der Waals surface area contributed by atoms with E-state index in [9.17, 15) is 9.90 Å². The van der Waals surface area contributed by atoms with Crippen molar-refractivity contribution in [2.45, 2.75) is 51.5 Å². The third-order valence-corrected chi connectivity index (χ3v) is 4.31. The Labute approximate surface area is 172 Å². The standard InChI is InChI=1S/C22H29ClN2O3/c1-22(2,3)28-21(27)25-19(13-16-7-5-4-6-8-16)20(26)15-24-14-17-9-11-18(23)12-10-17/h4-12,19-20,24,26H,13-15H2,1-3H3,(H,25,27)/t19-,20+/m0/s1. The van der Waals surface area contributed by atoms with Crippen molar-refractivity contribution in [2.75, 3.05) is 6.54 Å². The molecule has 0 aliphatic rings. The summed E-state index contributed by atoms with van der Waals surface area (Å²) in [6.07, 6.45) is -0.811. The lowest BCUT2D eigenvalue weighted by atomic mass is 10.0. The average molecular weight is 405 g/mol. The Morgan fingerprint density at radius 3 is 2.32 bits per heavy atom. The number of nitrogens with one attached hydrogen (secondary N) is 2. The second-order valence-corrected chi connectivity index (χ2v) is 8.20. The van der Waals surface area contributed by atoms with Gasteiger partial charge in [-0.05, 0) is 50.5 Å². The number of hydrogen-bond donors (Lipinski definition) is 3. The third kappa shape index (κ3) is 8.30. The molecule has 0 spiro atoms. The van der Waals surface area contributed by atoms with Crippen molar-refractivity contribution >= 4 is 17.7 Å². The Hall–Kier alpha value is -2.08. The van der Waals surface area contributed by atoms with Crippen molar-refractivity contribution in [3.8, 4) is 0 Å². The minimum absolute atomic E-state index is 0.329. The summed E-state index contributed by atoms with van der Waals surface area (Å²) in [5.41, 5.74) is 1.50. The molecular formula is C22H29ClN2O3. The van der Waals surface area contributed by atoms with Crippen molar-refractivity contribution in [3.05, 3.63) is 70.7 Å². The van der Waals surface area contributed by atoms with Crippen molar-refractivity contribution < 1.29 is 14.6 Å². The first-order valence-corrected chi connectivity index (χ1v) is 9.77. The van der Waals surface area contributed by atoms with Gasteiger partial charge in [0.2, 0.25) is 0 Å². The van der Waals surface area contributed by atoms with Gasteiger partial charge in [-0.15, -0.1) is 0 Å². The van der Waals surface area contributed by atoms with Gasteiger partial charge in [-0.3, -0.25) is 0 Å². The van der Waals surface area contributed by atoms with Gasteiger partial charge in [0, 0.05) is 18.1 Å². The molecule has 0 aliphatic carbocycles. The van der Waals surface area contributed by atoms with E-state index in [-0.39, 0.29) is 0 Å². The number of aliphatic hydroxyl groups excluding tert-OH is 1. The summed E-state index contributed by atoms with van der Waals surface area (Å²) < 4.78 is 5.35. The molecule has 2 aromatic rings. The largest absolute Gasteiger partial charge is 0.444 e. The number of halogens is 1. The normalized spacial score (nSPS) is 13.6. The molecule has 28 heavy (non-hydrogen) atoms. The first-order chi connectivity index (χ1) is 13.2. The first kappa shape index (κ1) is 22.2. The van der Waals surface area contributed by atoms with Crippen LogP contribution in [0.5, 0.6) is 0 Å². The van der Waals surface area contributed by atoms with E-state index in [2.05, 4.69) is 10.6 Å². The number of alkyl carbamates (subject to hydrolysis) is 1. The maximum absolute atomic E-state index is 12.2. The van der Waals surface area contributed by atoms with Crippen LogP contribution in [-0.2, 0) is 17.7 Å². The number of carbonyl (C=O) groups is 1. The van der Waals surface area contributed by atoms with Gasteiger partial charge in [0.25, 0.3) is 0 Å². The molecule has 0 radical (unpaired) electrons. The molecule has 0 saturated heterocycles. The Balaban J connectivity index is 1.95. The summed E-state index contributed by atoms with van der Waals surface area (Å²) in [7, 11) is 0. The molecule has 1 amide bonds. The van der Waals surface area contributed by atoms with Crippen LogP contribution in [-0.4, -0.2) is 35.5 Å². The van der Waals surface area contributed by atoms with E-state index in [0.29, 0.717) is 24.5 Å². The molecule has 152 valence electrons. The fourth-order valence-electron chi connectivity index (χ4n) is 2.72. The average Bonchev–Trinajstić information content (AvgIpc) is 2.62. The summed E-state index contributed by atoms with van der Waals surface area (Å²) in [4.78, 5) is 12.2. The summed E-state index contributed by atoms with van der Waals surface area (Å²) >= 11 is 5.90. The number of rotatable bonds is 8. The van der Waals surface area contributed by atoms with Crippen LogP contribution in [0.15, 0.2) is 54.6 Å². The van der Waals surface area contributed by atoms with Crippen LogP contribution < -0.4 is 10.6 Å². The Kier molecular flexibility index (Phi) is 8.30. The van der Waals surface area contributed by atoms with Gasteiger partial charge >= 0.3 is 6.09 Å². The van der Waals surface area contributed by atoms with Crippen molar-refractivity contribution in [2.24, 2.45) is 0 Å². The zero-order valence-electron chi connectivity index (χ0n) is 16.6. The topological polar surface area (TPSA) is 70.6 Å². The lowest BCUT2D eigenvalue weighted by Crippen LogP contribution is -2.49. The van der Waals surface area contributed by atoms with Crippen LogP contribution in [0.25, 0.3) is 0 Å². The molecule has 6 heteroatoms. The predicted molar refractivity (Wildman–Crippen MR) is 112 cm³/mol. The Morgan fingerprint density at radius 1 is 1.07 bits per heavy atom. The van der Waals surface area contributed by atoms with Crippen LogP contribution in [0.1, 0.15) is 31.9 Å². The highest BCUT2D eigenvalue weighted by Gasteiger charge is 2.24. The minimum atomic E-state index is -0.778. The van der Waals surface area contributed by atoms with E-state index in [0.717, 1.165) is 11.1 Å². The maximum atomic E-state index is 12.2. The molecule has 0 unspecified atom stereocenters. The van der Waals surface area contributed by atoms with Gasteiger partial charge in [-0.25, -0.2) is 4.79 Å². The smallest absolute Gasteiger partial charge is 0.407 e. The lowest BCUT2D eigenvalue weighted by molar-refractivity contribution is 0.0422. The molecule has 0 fully saturated rings. The molecule has 5 nitrogen and oxygen atoms in total. The fourth-order valence-corrected chi connectivity index (χ4v) is 2.85. The van der Waals surface area contributed by atoms with Gasteiger partial charge < -0.3 is 20.5 Å². The van der Waals surface area contributed by atoms with Crippen molar-refractivity contribution in [1.29, 1.82) is 0 Å². The highest BCUT2D eigenvalue weighted by Crippen LogP contribution is 2.11. The van der Waals surface area contributed by atoms with E-state index in [4.69, 9.17) is 16.3 Å². The molecule has 0 bridgehead atoms. The molecule has 0 aromatic heterocycles. The summed E-state index contributed by atoms with van der Waals surface area (Å²) in [6, 6.07) is 16.8. The Morgan fingerprint density at radius 2 is 1.71 bits per heavy atom. The van der Waals surface area contributed by atoms with Gasteiger partial charge in [0.05, 0.1) is 12.1 Å². The zero-order chi connectivity index (χ0) is 20.6. The van der Waals surface area contributed by atoms with E-state index in [1.807, 2.05) is 75.4 Å². The molecule has 2 aromatic carbocycles. The van der Waals surface area contributed by atoms with Crippen LogP contribution in [0.4, 0.5) is 4.79 Å². The van der Waals surface area contributed by atoms with Crippen LogP contribution in [0, 0.1) is 0 Å². The molecule has 0 aliphatic heterocycles. The van der Waals surface area contributed by atoms with Crippen molar-refractivity contribution in [1.82, 2.24) is 10.6 Å². The quantitative estimate of drug-likeness (QED) is 0.623. The third-order valence-electron chi connectivity index (χ3n) is 4.06. The summed E-state index contributed by atoms with van der Waals surface area (Å²) in [6.45, 7) is 6.35. The Bertz CT molecular complexity index is 730. The highest BCUT2D eigenvalue weighted by atomic mass is 35.5. The number of aliphatic hydroxyl groups is 1. The van der Waals surface area contributed by atoms with Gasteiger partial charge in [0.1, 0.15) is 5.60 Å². The molecule has 0 heterocycles. The summed E-state index contributed by atoms with van der Waals surface area (Å²) in [5.74, 6) is 0. The SMILES string of the molecule is CC(C)(C)OC(=O)N[C@@H](Cc1ccccc1)[C@H](O)CNCc1ccc(Cl)cc1. The molecule has 3 N–H and O–H groups in total. The second-order valence-electron chi connectivity index (χ2n) is 7.77. The van der Waals surface area contributed by atoms with Gasteiger partial charge in [-0.2, -0.15) is 0 Å². The van der Waals surface area contributed by atoms with Crippen LogP contribution in [0.3, 0.4) is 0 Å². The minimum Gasteiger partial charge on any atom is -0.444 e. The summed E-state index contributed by atoms with van der Waals surface area (Å²) in [5, 5.41) is 17.4. The van der Waals surface area contributed by atoms with E-state index < -0.39 is 23.8 Å².